The van der Waals surface area contributed by atoms with Crippen LogP contribution in [0.25, 0.3) is 0 Å². The molecule has 2 rings (SSSR count). The van der Waals surface area contributed by atoms with Crippen molar-refractivity contribution in [3.63, 3.8) is 0 Å². The van der Waals surface area contributed by atoms with E-state index in [1.807, 2.05) is 0 Å². The lowest BCUT2D eigenvalue weighted by atomic mass is 9.88. The third-order valence-electron chi connectivity index (χ3n) is 3.36. The van der Waals surface area contributed by atoms with E-state index in [4.69, 9.17) is 0 Å². The molecule has 2 aromatic carbocycles. The molecule has 1 unspecified atom stereocenters. The van der Waals surface area contributed by atoms with Crippen LogP contribution in [-0.2, 0) is 12.0 Å². The Labute approximate surface area is 125 Å². The van der Waals surface area contributed by atoms with E-state index >= 15 is 0 Å². The molecule has 0 radical (unpaired) electrons. The summed E-state index contributed by atoms with van der Waals surface area (Å²) >= 11 is 3.17. The first-order chi connectivity index (χ1) is 9.31. The average molecular weight is 341 g/mol. The molecule has 0 aliphatic carbocycles. The van der Waals surface area contributed by atoms with Crippen LogP contribution >= 0.6 is 15.9 Å². The smallest absolute Gasteiger partial charge is 0.137 e. The van der Waals surface area contributed by atoms with Crippen molar-refractivity contribution in [1.82, 2.24) is 0 Å². The summed E-state index contributed by atoms with van der Waals surface area (Å²) in [4.78, 5) is 0. The van der Waals surface area contributed by atoms with E-state index < -0.39 is 5.60 Å². The molecule has 0 saturated heterocycles. The zero-order chi connectivity index (χ0) is 14.9. The molecular weight excluding hydrogens is 326 g/mol. The minimum atomic E-state index is -1.27. The van der Waals surface area contributed by atoms with Gasteiger partial charge in [0.05, 0.1) is 10.1 Å². The maximum Gasteiger partial charge on any atom is 0.137 e. The van der Waals surface area contributed by atoms with E-state index in [9.17, 15) is 13.9 Å². The van der Waals surface area contributed by atoms with E-state index in [1.165, 1.54) is 12.1 Å². The van der Waals surface area contributed by atoms with Crippen LogP contribution in [0.2, 0.25) is 0 Å². The van der Waals surface area contributed by atoms with Crippen molar-refractivity contribution in [2.24, 2.45) is 0 Å². The van der Waals surface area contributed by atoms with E-state index in [1.54, 1.807) is 38.1 Å². The normalized spacial score (nSPS) is 14.1. The molecule has 0 fully saturated rings. The highest BCUT2D eigenvalue weighted by Crippen LogP contribution is 2.30. The van der Waals surface area contributed by atoms with E-state index in [-0.39, 0.29) is 18.1 Å². The number of aliphatic hydroxyl groups is 1. The fourth-order valence-electron chi connectivity index (χ4n) is 2.09. The van der Waals surface area contributed by atoms with Gasteiger partial charge in [-0.15, -0.1) is 0 Å². The quantitative estimate of drug-likeness (QED) is 0.872. The third kappa shape index (κ3) is 3.07. The number of benzene rings is 2. The van der Waals surface area contributed by atoms with Gasteiger partial charge < -0.3 is 5.11 Å². The van der Waals surface area contributed by atoms with E-state index in [2.05, 4.69) is 15.9 Å². The number of rotatable bonds is 3. The molecule has 20 heavy (non-hydrogen) atoms. The van der Waals surface area contributed by atoms with Gasteiger partial charge in [0.1, 0.15) is 11.6 Å². The fraction of sp³-hybridized carbons (Fsp3) is 0.250. The molecule has 2 aromatic rings. The number of aryl methyl sites for hydroxylation is 1. The van der Waals surface area contributed by atoms with Gasteiger partial charge in [-0.25, -0.2) is 8.78 Å². The summed E-state index contributed by atoms with van der Waals surface area (Å²) < 4.78 is 27.4. The monoisotopic (exact) mass is 340 g/mol. The summed E-state index contributed by atoms with van der Waals surface area (Å²) in [5, 5.41) is 10.6. The summed E-state index contributed by atoms with van der Waals surface area (Å²) in [6, 6.07) is 9.29. The second kappa shape index (κ2) is 5.62. The van der Waals surface area contributed by atoms with Gasteiger partial charge in [0, 0.05) is 6.42 Å². The zero-order valence-electron chi connectivity index (χ0n) is 11.3. The number of halogens is 3. The lowest BCUT2D eigenvalue weighted by molar-refractivity contribution is 0.0570. The molecule has 4 heteroatoms. The highest BCUT2D eigenvalue weighted by molar-refractivity contribution is 9.10. The predicted molar refractivity (Wildman–Crippen MR) is 78.5 cm³/mol. The SMILES string of the molecule is Cc1ccc(C(C)(O)Cc2cccc(F)c2Br)cc1F. The first kappa shape index (κ1) is 15.1. The Bertz CT molecular complexity index is 638. The lowest BCUT2D eigenvalue weighted by Gasteiger charge is -2.25. The standard InChI is InChI=1S/C16H15BrF2O/c1-10-6-7-12(8-14(10)19)16(2,20)9-11-4-3-5-13(18)15(11)17/h3-8,20H,9H2,1-2H3. The maximum absolute atomic E-state index is 13.6. The van der Waals surface area contributed by atoms with Gasteiger partial charge >= 0.3 is 0 Å². The van der Waals surface area contributed by atoms with Crippen molar-refractivity contribution < 1.29 is 13.9 Å². The number of hydrogen-bond acceptors (Lipinski definition) is 1. The summed E-state index contributed by atoms with van der Waals surface area (Å²) in [5.41, 5.74) is 0.356. The Balaban J connectivity index is 2.35. The summed E-state index contributed by atoms with van der Waals surface area (Å²) in [6.45, 7) is 3.26. The van der Waals surface area contributed by atoms with Gasteiger partial charge in [0.2, 0.25) is 0 Å². The predicted octanol–water partition coefficient (Wildman–Crippen LogP) is 4.49. The Hall–Kier alpha value is -1.26. The maximum atomic E-state index is 13.6. The second-order valence-electron chi connectivity index (χ2n) is 5.13. The van der Waals surface area contributed by atoms with Crippen LogP contribution in [-0.4, -0.2) is 5.11 Å². The third-order valence-corrected chi connectivity index (χ3v) is 4.25. The molecule has 0 bridgehead atoms. The second-order valence-corrected chi connectivity index (χ2v) is 5.92. The molecule has 1 N–H and O–H groups in total. The van der Waals surface area contributed by atoms with Crippen LogP contribution < -0.4 is 0 Å². The first-order valence-corrected chi connectivity index (χ1v) is 7.02. The van der Waals surface area contributed by atoms with Crippen molar-refractivity contribution in [3.05, 3.63) is 69.2 Å². The van der Waals surface area contributed by atoms with Crippen molar-refractivity contribution >= 4 is 15.9 Å². The van der Waals surface area contributed by atoms with Crippen LogP contribution in [0.5, 0.6) is 0 Å². The van der Waals surface area contributed by atoms with Gasteiger partial charge in [-0.3, -0.25) is 0 Å². The molecule has 0 aromatic heterocycles. The molecule has 0 aliphatic rings. The fourth-order valence-corrected chi connectivity index (χ4v) is 2.49. The Morgan fingerprint density at radius 1 is 1.15 bits per heavy atom. The number of hydrogen-bond donors (Lipinski definition) is 1. The minimum Gasteiger partial charge on any atom is -0.385 e. The first-order valence-electron chi connectivity index (χ1n) is 6.23. The van der Waals surface area contributed by atoms with Gasteiger partial charge in [-0.2, -0.15) is 0 Å². The van der Waals surface area contributed by atoms with Crippen molar-refractivity contribution in [2.75, 3.05) is 0 Å². The topological polar surface area (TPSA) is 20.2 Å². The molecule has 1 atom stereocenters. The van der Waals surface area contributed by atoms with Crippen molar-refractivity contribution in [3.8, 4) is 0 Å². The van der Waals surface area contributed by atoms with Gasteiger partial charge in [-0.1, -0.05) is 24.3 Å². The molecule has 1 nitrogen and oxygen atoms in total. The molecule has 0 amide bonds. The molecule has 106 valence electrons. The zero-order valence-corrected chi connectivity index (χ0v) is 12.8. The van der Waals surface area contributed by atoms with Crippen LogP contribution in [0.3, 0.4) is 0 Å². The van der Waals surface area contributed by atoms with E-state index in [0.29, 0.717) is 21.2 Å². The Kier molecular flexibility index (Phi) is 4.25. The van der Waals surface area contributed by atoms with E-state index in [0.717, 1.165) is 0 Å². The highest BCUT2D eigenvalue weighted by atomic mass is 79.9. The molecule has 0 saturated carbocycles. The summed E-state index contributed by atoms with van der Waals surface area (Å²) in [7, 11) is 0. The summed E-state index contributed by atoms with van der Waals surface area (Å²) in [5.74, 6) is -0.741. The molecular formula is C16H15BrF2O. The van der Waals surface area contributed by atoms with Gasteiger partial charge in [0.25, 0.3) is 0 Å². The summed E-state index contributed by atoms with van der Waals surface area (Å²) in [6.07, 6.45) is 0.188. The highest BCUT2D eigenvalue weighted by Gasteiger charge is 2.25. The molecule has 0 heterocycles. The van der Waals surface area contributed by atoms with Crippen LogP contribution in [0.4, 0.5) is 8.78 Å². The van der Waals surface area contributed by atoms with Gasteiger partial charge in [0.15, 0.2) is 0 Å². The van der Waals surface area contributed by atoms with Crippen molar-refractivity contribution in [1.29, 1.82) is 0 Å². The Morgan fingerprint density at radius 3 is 2.50 bits per heavy atom. The lowest BCUT2D eigenvalue weighted by Crippen LogP contribution is -2.24. The van der Waals surface area contributed by atoms with Crippen LogP contribution in [0.1, 0.15) is 23.6 Å². The van der Waals surface area contributed by atoms with Crippen molar-refractivity contribution in [2.45, 2.75) is 25.9 Å². The van der Waals surface area contributed by atoms with Crippen LogP contribution in [0, 0.1) is 18.6 Å². The van der Waals surface area contributed by atoms with Crippen LogP contribution in [0.15, 0.2) is 40.9 Å². The molecule has 0 spiro atoms. The minimum absolute atomic E-state index is 0.188. The average Bonchev–Trinajstić information content (AvgIpc) is 2.38. The van der Waals surface area contributed by atoms with Gasteiger partial charge in [-0.05, 0) is 58.6 Å². The largest absolute Gasteiger partial charge is 0.385 e. The molecule has 0 aliphatic heterocycles. The Morgan fingerprint density at radius 2 is 1.85 bits per heavy atom.